The molecule has 2 amide bonds. The SMILES string of the molecule is CCOc1ccccc1NC(=O)CSCC(=O)Nc1c(C)cccc1C. The Kier molecular flexibility index (Phi) is 7.53. The summed E-state index contributed by atoms with van der Waals surface area (Å²) < 4.78 is 5.48. The van der Waals surface area contributed by atoms with Crippen molar-refractivity contribution in [2.75, 3.05) is 28.7 Å². The number of hydrogen-bond acceptors (Lipinski definition) is 4. The number of thioether (sulfide) groups is 1. The highest BCUT2D eigenvalue weighted by Crippen LogP contribution is 2.24. The molecule has 0 heterocycles. The molecule has 0 aliphatic rings. The molecule has 0 atom stereocenters. The van der Waals surface area contributed by atoms with Gasteiger partial charge in [-0.05, 0) is 44.0 Å². The van der Waals surface area contributed by atoms with Gasteiger partial charge >= 0.3 is 0 Å². The number of carbonyl (C=O) groups excluding carboxylic acids is 2. The number of aryl methyl sites for hydroxylation is 2. The third-order valence-corrected chi connectivity index (χ3v) is 4.61. The van der Waals surface area contributed by atoms with Crippen LogP contribution in [0.2, 0.25) is 0 Å². The first kappa shape index (κ1) is 19.8. The maximum atomic E-state index is 12.1. The Bertz CT molecular complexity index is 757. The van der Waals surface area contributed by atoms with Gasteiger partial charge < -0.3 is 15.4 Å². The van der Waals surface area contributed by atoms with Crippen molar-refractivity contribution in [3.63, 3.8) is 0 Å². The molecule has 6 heteroatoms. The van der Waals surface area contributed by atoms with E-state index in [4.69, 9.17) is 4.74 Å². The predicted octanol–water partition coefficient (Wildman–Crippen LogP) is 4.01. The molecule has 0 unspecified atom stereocenters. The monoisotopic (exact) mass is 372 g/mol. The van der Waals surface area contributed by atoms with Crippen LogP contribution < -0.4 is 15.4 Å². The smallest absolute Gasteiger partial charge is 0.234 e. The van der Waals surface area contributed by atoms with Crippen LogP contribution in [0.5, 0.6) is 5.75 Å². The average molecular weight is 372 g/mol. The molecule has 0 aromatic heterocycles. The molecular formula is C20H24N2O3S. The number of anilines is 2. The van der Waals surface area contributed by atoms with Crippen molar-refractivity contribution in [3.8, 4) is 5.75 Å². The van der Waals surface area contributed by atoms with Gasteiger partial charge in [0, 0.05) is 5.69 Å². The molecule has 5 nitrogen and oxygen atoms in total. The third kappa shape index (κ3) is 5.81. The minimum Gasteiger partial charge on any atom is -0.492 e. The van der Waals surface area contributed by atoms with E-state index in [9.17, 15) is 9.59 Å². The summed E-state index contributed by atoms with van der Waals surface area (Å²) in [6, 6.07) is 13.2. The highest BCUT2D eigenvalue weighted by molar-refractivity contribution is 8.00. The summed E-state index contributed by atoms with van der Waals surface area (Å²) >= 11 is 1.27. The van der Waals surface area contributed by atoms with E-state index < -0.39 is 0 Å². The van der Waals surface area contributed by atoms with Crippen LogP contribution in [0.4, 0.5) is 11.4 Å². The Morgan fingerprint density at radius 1 is 0.923 bits per heavy atom. The van der Waals surface area contributed by atoms with E-state index in [2.05, 4.69) is 10.6 Å². The van der Waals surface area contributed by atoms with E-state index in [1.165, 1.54) is 11.8 Å². The quantitative estimate of drug-likeness (QED) is 0.735. The fourth-order valence-corrected chi connectivity index (χ4v) is 3.08. The number of carbonyl (C=O) groups is 2. The van der Waals surface area contributed by atoms with Crippen molar-refractivity contribution >= 4 is 35.0 Å². The number of amides is 2. The second kappa shape index (κ2) is 9.87. The predicted molar refractivity (Wildman–Crippen MR) is 108 cm³/mol. The lowest BCUT2D eigenvalue weighted by molar-refractivity contribution is -0.114. The van der Waals surface area contributed by atoms with Gasteiger partial charge in [-0.15, -0.1) is 11.8 Å². The molecule has 2 N–H and O–H groups in total. The van der Waals surface area contributed by atoms with Gasteiger partial charge in [0.1, 0.15) is 5.75 Å². The highest BCUT2D eigenvalue weighted by atomic mass is 32.2. The lowest BCUT2D eigenvalue weighted by Gasteiger charge is -2.12. The first-order valence-electron chi connectivity index (χ1n) is 8.46. The van der Waals surface area contributed by atoms with Crippen molar-refractivity contribution in [3.05, 3.63) is 53.6 Å². The Balaban J connectivity index is 1.80. The molecule has 0 fully saturated rings. The van der Waals surface area contributed by atoms with Gasteiger partial charge in [0.05, 0.1) is 23.8 Å². The second-order valence-corrected chi connectivity index (χ2v) is 6.77. The zero-order valence-corrected chi connectivity index (χ0v) is 16.1. The Labute approximate surface area is 158 Å². The summed E-state index contributed by atoms with van der Waals surface area (Å²) in [5, 5.41) is 5.74. The zero-order chi connectivity index (χ0) is 18.9. The van der Waals surface area contributed by atoms with Gasteiger partial charge in [0.25, 0.3) is 0 Å². The van der Waals surface area contributed by atoms with Gasteiger partial charge in [-0.1, -0.05) is 30.3 Å². The summed E-state index contributed by atoms with van der Waals surface area (Å²) in [4.78, 5) is 24.2. The van der Waals surface area contributed by atoms with E-state index >= 15 is 0 Å². The molecule has 0 saturated carbocycles. The van der Waals surface area contributed by atoms with Crippen LogP contribution in [-0.4, -0.2) is 29.9 Å². The molecule has 2 aromatic rings. The maximum Gasteiger partial charge on any atom is 0.234 e. The summed E-state index contributed by atoms with van der Waals surface area (Å²) in [5.74, 6) is 0.771. The van der Waals surface area contributed by atoms with Crippen molar-refractivity contribution in [2.24, 2.45) is 0 Å². The molecule has 0 spiro atoms. The molecule has 0 saturated heterocycles. The van der Waals surface area contributed by atoms with E-state index in [1.807, 2.05) is 57.2 Å². The minimum atomic E-state index is -0.165. The van der Waals surface area contributed by atoms with Crippen molar-refractivity contribution in [2.45, 2.75) is 20.8 Å². The molecule has 0 bridgehead atoms. The van der Waals surface area contributed by atoms with E-state index in [1.54, 1.807) is 6.07 Å². The fourth-order valence-electron chi connectivity index (χ4n) is 2.46. The van der Waals surface area contributed by atoms with Crippen molar-refractivity contribution in [1.82, 2.24) is 0 Å². The highest BCUT2D eigenvalue weighted by Gasteiger charge is 2.10. The normalized spacial score (nSPS) is 10.3. The number of rotatable bonds is 8. The van der Waals surface area contributed by atoms with Crippen LogP contribution in [-0.2, 0) is 9.59 Å². The van der Waals surface area contributed by atoms with Gasteiger partial charge in [-0.25, -0.2) is 0 Å². The van der Waals surface area contributed by atoms with Crippen LogP contribution in [0.1, 0.15) is 18.1 Å². The second-order valence-electron chi connectivity index (χ2n) is 5.79. The average Bonchev–Trinajstić information content (AvgIpc) is 2.60. The summed E-state index contributed by atoms with van der Waals surface area (Å²) in [6.45, 7) is 6.33. The number of para-hydroxylation sites is 3. The number of benzene rings is 2. The standard InChI is InChI=1S/C20H24N2O3S/c1-4-25-17-11-6-5-10-16(17)21-18(23)12-26-13-19(24)22-20-14(2)8-7-9-15(20)3/h5-11H,4,12-13H2,1-3H3,(H,21,23)(H,22,24). The number of nitrogens with one attached hydrogen (secondary N) is 2. The van der Waals surface area contributed by atoms with Crippen LogP contribution in [0.3, 0.4) is 0 Å². The van der Waals surface area contributed by atoms with Crippen LogP contribution in [0.15, 0.2) is 42.5 Å². The zero-order valence-electron chi connectivity index (χ0n) is 15.3. The maximum absolute atomic E-state index is 12.1. The van der Waals surface area contributed by atoms with Gasteiger partial charge in [-0.2, -0.15) is 0 Å². The Morgan fingerprint density at radius 2 is 1.54 bits per heavy atom. The van der Waals surface area contributed by atoms with Crippen LogP contribution >= 0.6 is 11.8 Å². The molecule has 0 radical (unpaired) electrons. The third-order valence-electron chi connectivity index (χ3n) is 3.67. The fraction of sp³-hybridized carbons (Fsp3) is 0.300. The summed E-state index contributed by atoms with van der Waals surface area (Å²) in [6.07, 6.45) is 0. The van der Waals surface area contributed by atoms with Crippen molar-refractivity contribution in [1.29, 1.82) is 0 Å². The molecule has 2 rings (SSSR count). The van der Waals surface area contributed by atoms with Crippen LogP contribution in [0, 0.1) is 13.8 Å². The van der Waals surface area contributed by atoms with E-state index in [0.29, 0.717) is 18.0 Å². The lowest BCUT2D eigenvalue weighted by Crippen LogP contribution is -2.19. The summed E-state index contributed by atoms with van der Waals surface area (Å²) in [5.41, 5.74) is 3.52. The Hall–Kier alpha value is -2.47. The van der Waals surface area contributed by atoms with Gasteiger partial charge in [0.2, 0.25) is 11.8 Å². The Morgan fingerprint density at radius 3 is 2.19 bits per heavy atom. The lowest BCUT2D eigenvalue weighted by atomic mass is 10.1. The number of hydrogen-bond donors (Lipinski definition) is 2. The summed E-state index contributed by atoms with van der Waals surface area (Å²) in [7, 11) is 0. The first-order chi connectivity index (χ1) is 12.5. The topological polar surface area (TPSA) is 67.4 Å². The van der Waals surface area contributed by atoms with Crippen molar-refractivity contribution < 1.29 is 14.3 Å². The van der Waals surface area contributed by atoms with Gasteiger partial charge in [-0.3, -0.25) is 9.59 Å². The van der Waals surface area contributed by atoms with Gasteiger partial charge in [0.15, 0.2) is 0 Å². The first-order valence-corrected chi connectivity index (χ1v) is 9.62. The van der Waals surface area contributed by atoms with E-state index in [-0.39, 0.29) is 23.3 Å². The van der Waals surface area contributed by atoms with E-state index in [0.717, 1.165) is 16.8 Å². The molecule has 26 heavy (non-hydrogen) atoms. The molecule has 0 aliphatic heterocycles. The molecule has 2 aromatic carbocycles. The molecular weight excluding hydrogens is 348 g/mol. The molecule has 138 valence electrons. The van der Waals surface area contributed by atoms with Crippen LogP contribution in [0.25, 0.3) is 0 Å². The number of ether oxygens (including phenoxy) is 1. The molecule has 0 aliphatic carbocycles. The largest absolute Gasteiger partial charge is 0.492 e. The minimum absolute atomic E-state index is 0.116.